The number of halogens is 1. The number of carbonyl (C=O) groups excluding carboxylic acids is 2. The van der Waals surface area contributed by atoms with E-state index in [-0.39, 0.29) is 35.8 Å². The van der Waals surface area contributed by atoms with Crippen molar-refractivity contribution in [2.75, 3.05) is 19.7 Å². The lowest BCUT2D eigenvalue weighted by molar-refractivity contribution is -0.135. The van der Waals surface area contributed by atoms with Gasteiger partial charge >= 0.3 is 0 Å². The van der Waals surface area contributed by atoms with Gasteiger partial charge in [0, 0.05) is 24.7 Å². The number of amides is 2. The molecule has 1 atom stereocenters. The van der Waals surface area contributed by atoms with Crippen LogP contribution < -0.4 is 5.32 Å². The summed E-state index contributed by atoms with van der Waals surface area (Å²) >= 11 is 0. The second-order valence-electron chi connectivity index (χ2n) is 7.58. The molecule has 1 aromatic rings. The number of aromatic nitrogens is 1. The maximum absolute atomic E-state index is 12.9. The predicted molar refractivity (Wildman–Crippen MR) is 93.8 cm³/mol. The Balaban J connectivity index is 1.49. The summed E-state index contributed by atoms with van der Waals surface area (Å²) in [6.45, 7) is 5.55. The minimum Gasteiger partial charge on any atom is -0.373 e. The Bertz CT molecular complexity index is 654. The molecule has 1 N–H and O–H groups in total. The van der Waals surface area contributed by atoms with Crippen molar-refractivity contribution in [2.45, 2.75) is 51.2 Å². The Hall–Kier alpha value is -2.02. The lowest BCUT2D eigenvalue weighted by atomic mass is 9.87. The van der Waals surface area contributed by atoms with Crippen LogP contribution in [0.5, 0.6) is 0 Å². The van der Waals surface area contributed by atoms with Crippen LogP contribution in [0.25, 0.3) is 0 Å². The van der Waals surface area contributed by atoms with E-state index in [1.54, 1.807) is 6.07 Å². The summed E-state index contributed by atoms with van der Waals surface area (Å²) in [5.41, 5.74) is 0.338. The van der Waals surface area contributed by atoms with Gasteiger partial charge in [0.1, 0.15) is 5.82 Å². The quantitative estimate of drug-likeness (QED) is 0.884. The SMILES string of the molecule is CC(C)C(=O)NC1COC2(CCN(C(=O)Cc3ccc(F)cn3)CC2)C1. The standard InChI is InChI=1S/C19H26FN3O3/c1-13(2)18(25)22-16-10-19(26-12-16)5-7-23(8-6-19)17(24)9-15-4-3-14(20)11-21-15/h3-4,11,13,16H,5-10,12H2,1-2H3,(H,22,25). The highest BCUT2D eigenvalue weighted by molar-refractivity contribution is 5.78. The lowest BCUT2D eigenvalue weighted by Crippen LogP contribution is -2.47. The second-order valence-corrected chi connectivity index (χ2v) is 7.58. The van der Waals surface area contributed by atoms with Crippen molar-refractivity contribution in [3.05, 3.63) is 29.8 Å². The van der Waals surface area contributed by atoms with Gasteiger partial charge in [-0.2, -0.15) is 0 Å². The van der Waals surface area contributed by atoms with E-state index >= 15 is 0 Å². The number of hydrogen-bond donors (Lipinski definition) is 1. The van der Waals surface area contributed by atoms with Gasteiger partial charge in [0.25, 0.3) is 0 Å². The fourth-order valence-electron chi connectivity index (χ4n) is 3.59. The second kappa shape index (κ2) is 7.70. The summed E-state index contributed by atoms with van der Waals surface area (Å²) in [6.07, 6.45) is 3.65. The first-order valence-corrected chi connectivity index (χ1v) is 9.19. The molecule has 2 aliphatic heterocycles. The average molecular weight is 363 g/mol. The van der Waals surface area contributed by atoms with E-state index in [1.807, 2.05) is 18.7 Å². The van der Waals surface area contributed by atoms with Gasteiger partial charge in [-0.25, -0.2) is 4.39 Å². The molecule has 2 fully saturated rings. The van der Waals surface area contributed by atoms with Crippen LogP contribution in [0.1, 0.15) is 38.8 Å². The maximum atomic E-state index is 12.9. The van der Waals surface area contributed by atoms with Crippen LogP contribution >= 0.6 is 0 Å². The molecule has 0 radical (unpaired) electrons. The molecule has 142 valence electrons. The first kappa shape index (κ1) is 18.8. The number of pyridine rings is 1. The van der Waals surface area contributed by atoms with Gasteiger partial charge in [0.05, 0.1) is 30.9 Å². The van der Waals surface area contributed by atoms with E-state index < -0.39 is 5.82 Å². The van der Waals surface area contributed by atoms with Gasteiger partial charge in [0.15, 0.2) is 0 Å². The largest absolute Gasteiger partial charge is 0.373 e. The predicted octanol–water partition coefficient (Wildman–Crippen LogP) is 1.69. The van der Waals surface area contributed by atoms with Crippen LogP contribution in [0.3, 0.4) is 0 Å². The van der Waals surface area contributed by atoms with E-state index in [1.165, 1.54) is 6.07 Å². The molecule has 26 heavy (non-hydrogen) atoms. The summed E-state index contributed by atoms with van der Waals surface area (Å²) in [5.74, 6) is -0.388. The molecule has 3 rings (SSSR count). The normalized spacial score (nSPS) is 22.0. The molecule has 7 heteroatoms. The molecule has 0 aliphatic carbocycles. The maximum Gasteiger partial charge on any atom is 0.228 e. The summed E-state index contributed by atoms with van der Waals surface area (Å²) in [7, 11) is 0. The first-order valence-electron chi connectivity index (χ1n) is 9.19. The number of piperidine rings is 1. The van der Waals surface area contributed by atoms with Crippen molar-refractivity contribution >= 4 is 11.8 Å². The van der Waals surface area contributed by atoms with E-state index in [0.717, 1.165) is 25.5 Å². The van der Waals surface area contributed by atoms with Gasteiger partial charge in [-0.3, -0.25) is 14.6 Å². The molecular weight excluding hydrogens is 337 g/mol. The summed E-state index contributed by atoms with van der Waals surface area (Å²) < 4.78 is 18.9. The smallest absolute Gasteiger partial charge is 0.228 e. The zero-order valence-corrected chi connectivity index (χ0v) is 15.3. The van der Waals surface area contributed by atoms with Crippen LogP contribution in [0.4, 0.5) is 4.39 Å². The number of rotatable bonds is 4. The van der Waals surface area contributed by atoms with Gasteiger partial charge in [-0.1, -0.05) is 13.8 Å². The Morgan fingerprint density at radius 1 is 1.38 bits per heavy atom. The number of ether oxygens (including phenoxy) is 1. The van der Waals surface area contributed by atoms with Crippen LogP contribution in [-0.4, -0.2) is 53.0 Å². The third-order valence-corrected chi connectivity index (χ3v) is 5.23. The summed E-state index contributed by atoms with van der Waals surface area (Å²) in [4.78, 5) is 30.1. The van der Waals surface area contributed by atoms with Crippen LogP contribution in [0, 0.1) is 11.7 Å². The number of hydrogen-bond acceptors (Lipinski definition) is 4. The zero-order valence-electron chi connectivity index (χ0n) is 15.3. The molecule has 2 amide bonds. The van der Waals surface area contributed by atoms with Crippen molar-refractivity contribution in [1.82, 2.24) is 15.2 Å². The highest BCUT2D eigenvalue weighted by Gasteiger charge is 2.43. The molecule has 0 aromatic carbocycles. The third-order valence-electron chi connectivity index (χ3n) is 5.23. The van der Waals surface area contributed by atoms with Gasteiger partial charge in [-0.15, -0.1) is 0 Å². The van der Waals surface area contributed by atoms with Crippen molar-refractivity contribution in [1.29, 1.82) is 0 Å². The van der Waals surface area contributed by atoms with Crippen LogP contribution in [0.2, 0.25) is 0 Å². The molecule has 1 unspecified atom stereocenters. The van der Waals surface area contributed by atoms with Crippen molar-refractivity contribution in [2.24, 2.45) is 5.92 Å². The molecule has 2 saturated heterocycles. The molecule has 6 nitrogen and oxygen atoms in total. The highest BCUT2D eigenvalue weighted by Crippen LogP contribution is 2.36. The fraction of sp³-hybridized carbons (Fsp3) is 0.632. The van der Waals surface area contributed by atoms with E-state index in [9.17, 15) is 14.0 Å². The van der Waals surface area contributed by atoms with Crippen molar-refractivity contribution in [3.8, 4) is 0 Å². The summed E-state index contributed by atoms with van der Waals surface area (Å²) in [6, 6.07) is 2.91. The summed E-state index contributed by atoms with van der Waals surface area (Å²) in [5, 5.41) is 3.04. The first-order chi connectivity index (χ1) is 12.4. The van der Waals surface area contributed by atoms with Crippen molar-refractivity contribution < 1.29 is 18.7 Å². The van der Waals surface area contributed by atoms with Crippen molar-refractivity contribution in [3.63, 3.8) is 0 Å². The minimum absolute atomic E-state index is 0.00150. The minimum atomic E-state index is -0.404. The van der Waals surface area contributed by atoms with Gasteiger partial charge in [-0.05, 0) is 31.4 Å². The molecule has 1 aromatic heterocycles. The number of nitrogens with zero attached hydrogens (tertiary/aromatic N) is 2. The number of nitrogens with one attached hydrogen (secondary N) is 1. The highest BCUT2D eigenvalue weighted by atomic mass is 19.1. The van der Waals surface area contributed by atoms with Gasteiger partial charge < -0.3 is 15.0 Å². The number of likely N-dealkylation sites (tertiary alicyclic amines) is 1. The van der Waals surface area contributed by atoms with E-state index in [4.69, 9.17) is 4.74 Å². The van der Waals surface area contributed by atoms with Crippen LogP contribution in [0.15, 0.2) is 18.3 Å². The lowest BCUT2D eigenvalue weighted by Gasteiger charge is -2.38. The Labute approximate surface area is 153 Å². The van der Waals surface area contributed by atoms with E-state index in [2.05, 4.69) is 10.3 Å². The molecule has 0 bridgehead atoms. The fourth-order valence-corrected chi connectivity index (χ4v) is 3.59. The van der Waals surface area contributed by atoms with Crippen LogP contribution in [-0.2, 0) is 20.7 Å². The van der Waals surface area contributed by atoms with E-state index in [0.29, 0.717) is 25.4 Å². The molecule has 2 aliphatic rings. The zero-order chi connectivity index (χ0) is 18.7. The Kier molecular flexibility index (Phi) is 5.55. The number of carbonyl (C=O) groups is 2. The monoisotopic (exact) mass is 363 g/mol. The molecule has 1 spiro atoms. The molecule has 0 saturated carbocycles. The Morgan fingerprint density at radius 2 is 2.12 bits per heavy atom. The average Bonchev–Trinajstić information content (AvgIpc) is 2.99. The Morgan fingerprint density at radius 3 is 2.73 bits per heavy atom. The third kappa shape index (κ3) is 4.38. The van der Waals surface area contributed by atoms with Gasteiger partial charge in [0.2, 0.25) is 11.8 Å². The molecule has 3 heterocycles. The molecular formula is C19H26FN3O3. The topological polar surface area (TPSA) is 71.5 Å².